The van der Waals surface area contributed by atoms with Gasteiger partial charge >= 0.3 is 5.97 Å². The number of hydrogen-bond donors (Lipinski definition) is 1. The van der Waals surface area contributed by atoms with E-state index in [1.165, 1.54) is 0 Å². The van der Waals surface area contributed by atoms with Crippen molar-refractivity contribution in [2.45, 2.75) is 52.0 Å². The summed E-state index contributed by atoms with van der Waals surface area (Å²) in [5.41, 5.74) is 4.49. The molecule has 0 fully saturated rings. The fourth-order valence-corrected chi connectivity index (χ4v) is 4.23. The summed E-state index contributed by atoms with van der Waals surface area (Å²) in [4.78, 5) is 24.0. The van der Waals surface area contributed by atoms with Crippen molar-refractivity contribution < 1.29 is 18.7 Å². The molecule has 1 heterocycles. The highest BCUT2D eigenvalue weighted by atomic mass is 16.5. The number of carbonyl (C=O) groups excluding carboxylic acids is 2. The fraction of sp³-hybridized carbons (Fsp3) is 0.290. The third-order valence-corrected chi connectivity index (χ3v) is 6.22. The SMILES string of the molecule is CCCC(Nc1ccc(C(=O)CCCC(=O)OCC)cc1)c1ccc(-c2nnc(-c3ccccc3)o2)cc1. The van der Waals surface area contributed by atoms with Crippen molar-refractivity contribution in [1.82, 2.24) is 10.2 Å². The topological polar surface area (TPSA) is 94.3 Å². The molecule has 0 amide bonds. The number of benzene rings is 3. The molecule has 0 bridgehead atoms. The number of hydrogen-bond acceptors (Lipinski definition) is 7. The van der Waals surface area contributed by atoms with Crippen LogP contribution < -0.4 is 5.32 Å². The van der Waals surface area contributed by atoms with E-state index in [2.05, 4.69) is 34.6 Å². The van der Waals surface area contributed by atoms with Gasteiger partial charge in [0.15, 0.2) is 5.78 Å². The summed E-state index contributed by atoms with van der Waals surface area (Å²) in [7, 11) is 0. The highest BCUT2D eigenvalue weighted by Gasteiger charge is 2.14. The van der Waals surface area contributed by atoms with Crippen molar-refractivity contribution in [1.29, 1.82) is 0 Å². The molecule has 4 rings (SSSR count). The number of nitrogens with zero attached hydrogens (tertiary/aromatic N) is 2. The molecule has 7 nitrogen and oxygen atoms in total. The summed E-state index contributed by atoms with van der Waals surface area (Å²) in [5, 5.41) is 12.0. The first-order chi connectivity index (χ1) is 18.6. The summed E-state index contributed by atoms with van der Waals surface area (Å²) >= 11 is 0. The third-order valence-electron chi connectivity index (χ3n) is 6.22. The van der Waals surface area contributed by atoms with E-state index in [4.69, 9.17) is 9.15 Å². The van der Waals surface area contributed by atoms with Crippen LogP contribution in [0.3, 0.4) is 0 Å². The molecular weight excluding hydrogens is 478 g/mol. The Morgan fingerprint density at radius 1 is 0.842 bits per heavy atom. The van der Waals surface area contributed by atoms with Crippen LogP contribution in [0, 0.1) is 0 Å². The molecule has 0 aliphatic carbocycles. The van der Waals surface area contributed by atoms with Gasteiger partial charge in [-0.25, -0.2) is 0 Å². The maximum atomic E-state index is 12.5. The van der Waals surface area contributed by atoms with Crippen LogP contribution in [0.2, 0.25) is 0 Å². The molecule has 196 valence electrons. The molecule has 1 N–H and O–H groups in total. The molecule has 0 aliphatic heterocycles. The Morgan fingerprint density at radius 2 is 1.50 bits per heavy atom. The molecule has 0 aliphatic rings. The number of aromatic nitrogens is 2. The van der Waals surface area contributed by atoms with E-state index in [-0.39, 0.29) is 24.2 Å². The van der Waals surface area contributed by atoms with Crippen LogP contribution in [0.5, 0.6) is 0 Å². The monoisotopic (exact) mass is 511 g/mol. The van der Waals surface area contributed by atoms with Crippen molar-refractivity contribution in [2.24, 2.45) is 0 Å². The quantitative estimate of drug-likeness (QED) is 0.149. The number of esters is 1. The second kappa shape index (κ2) is 13.3. The summed E-state index contributed by atoms with van der Waals surface area (Å²) in [6.07, 6.45) is 3.04. The minimum Gasteiger partial charge on any atom is -0.466 e. The van der Waals surface area contributed by atoms with Crippen molar-refractivity contribution >= 4 is 17.4 Å². The summed E-state index contributed by atoms with van der Waals surface area (Å²) in [6.45, 7) is 4.29. The van der Waals surface area contributed by atoms with Crippen LogP contribution in [-0.4, -0.2) is 28.6 Å². The van der Waals surface area contributed by atoms with Gasteiger partial charge in [0.2, 0.25) is 11.8 Å². The molecule has 4 aromatic rings. The zero-order valence-corrected chi connectivity index (χ0v) is 21.9. The highest BCUT2D eigenvalue weighted by Crippen LogP contribution is 2.28. The lowest BCUT2D eigenvalue weighted by atomic mass is 10.00. The van der Waals surface area contributed by atoms with Gasteiger partial charge in [0.25, 0.3) is 0 Å². The lowest BCUT2D eigenvalue weighted by Crippen LogP contribution is -2.11. The predicted molar refractivity (Wildman–Crippen MR) is 148 cm³/mol. The fourth-order valence-electron chi connectivity index (χ4n) is 4.23. The zero-order valence-electron chi connectivity index (χ0n) is 21.9. The average Bonchev–Trinajstić information content (AvgIpc) is 3.44. The number of rotatable bonds is 13. The number of ketones is 1. The average molecular weight is 512 g/mol. The standard InChI is InChI=1S/C31H33N3O4/c1-3-9-27(32-26-20-18-23(19-21-26)28(35)12-8-13-29(36)37-4-2)22-14-16-25(17-15-22)31-34-33-30(38-31)24-10-6-5-7-11-24/h5-7,10-11,14-21,27,32H,3-4,8-9,12-13H2,1-2H3. The Kier molecular flexibility index (Phi) is 9.40. The maximum Gasteiger partial charge on any atom is 0.305 e. The molecule has 1 unspecified atom stereocenters. The van der Waals surface area contributed by atoms with E-state index in [0.29, 0.717) is 36.8 Å². The number of ether oxygens (including phenoxy) is 1. The molecular formula is C31H33N3O4. The van der Waals surface area contributed by atoms with Gasteiger partial charge < -0.3 is 14.5 Å². The lowest BCUT2D eigenvalue weighted by molar-refractivity contribution is -0.143. The molecule has 38 heavy (non-hydrogen) atoms. The molecule has 1 aromatic heterocycles. The van der Waals surface area contributed by atoms with Gasteiger partial charge in [0.1, 0.15) is 0 Å². The number of anilines is 1. The predicted octanol–water partition coefficient (Wildman–Crippen LogP) is 7.27. The first kappa shape index (κ1) is 26.8. The number of carbonyl (C=O) groups is 2. The molecule has 1 atom stereocenters. The smallest absolute Gasteiger partial charge is 0.305 e. The Balaban J connectivity index is 1.37. The first-order valence-electron chi connectivity index (χ1n) is 13.1. The molecule has 7 heteroatoms. The Morgan fingerprint density at radius 3 is 2.13 bits per heavy atom. The van der Waals surface area contributed by atoms with Crippen molar-refractivity contribution in [3.8, 4) is 22.9 Å². The van der Waals surface area contributed by atoms with Gasteiger partial charge in [-0.3, -0.25) is 9.59 Å². The van der Waals surface area contributed by atoms with E-state index in [1.54, 1.807) is 6.92 Å². The summed E-state index contributed by atoms with van der Waals surface area (Å²) in [6, 6.07) is 25.5. The van der Waals surface area contributed by atoms with Crippen LogP contribution in [0.25, 0.3) is 22.9 Å². The van der Waals surface area contributed by atoms with Crippen molar-refractivity contribution in [3.05, 3.63) is 90.0 Å². The highest BCUT2D eigenvalue weighted by molar-refractivity contribution is 5.96. The van der Waals surface area contributed by atoms with Crippen LogP contribution in [0.1, 0.15) is 67.9 Å². The summed E-state index contributed by atoms with van der Waals surface area (Å²) < 4.78 is 10.8. The van der Waals surface area contributed by atoms with E-state index in [9.17, 15) is 9.59 Å². The maximum absolute atomic E-state index is 12.5. The van der Waals surface area contributed by atoms with E-state index < -0.39 is 0 Å². The minimum atomic E-state index is -0.260. The molecule has 0 radical (unpaired) electrons. The Bertz CT molecular complexity index is 1320. The molecule has 0 saturated heterocycles. The lowest BCUT2D eigenvalue weighted by Gasteiger charge is -2.20. The van der Waals surface area contributed by atoms with Crippen LogP contribution >= 0.6 is 0 Å². The second-order valence-corrected chi connectivity index (χ2v) is 9.05. The second-order valence-electron chi connectivity index (χ2n) is 9.05. The van der Waals surface area contributed by atoms with Gasteiger partial charge in [-0.2, -0.15) is 0 Å². The van der Waals surface area contributed by atoms with Gasteiger partial charge in [0, 0.05) is 35.2 Å². The van der Waals surface area contributed by atoms with Crippen LogP contribution in [0.15, 0.2) is 83.3 Å². The number of nitrogens with one attached hydrogen (secondary N) is 1. The van der Waals surface area contributed by atoms with E-state index >= 15 is 0 Å². The number of Topliss-reactive ketones (excluding diaryl/α,β-unsaturated/α-hetero) is 1. The normalized spacial score (nSPS) is 11.6. The van der Waals surface area contributed by atoms with Crippen LogP contribution in [-0.2, 0) is 9.53 Å². The van der Waals surface area contributed by atoms with Gasteiger partial charge in [-0.15, -0.1) is 10.2 Å². The van der Waals surface area contributed by atoms with Crippen molar-refractivity contribution in [2.75, 3.05) is 11.9 Å². The summed E-state index contributed by atoms with van der Waals surface area (Å²) in [5.74, 6) is 0.746. The minimum absolute atomic E-state index is 0.0259. The van der Waals surface area contributed by atoms with Gasteiger partial charge in [-0.05, 0) is 73.9 Å². The van der Waals surface area contributed by atoms with Gasteiger partial charge in [0.05, 0.1) is 12.6 Å². The Labute approximate surface area is 223 Å². The Hall–Kier alpha value is -4.26. The largest absolute Gasteiger partial charge is 0.466 e. The van der Waals surface area contributed by atoms with Crippen molar-refractivity contribution in [3.63, 3.8) is 0 Å². The zero-order chi connectivity index (χ0) is 26.7. The van der Waals surface area contributed by atoms with E-state index in [1.807, 2.05) is 66.7 Å². The third kappa shape index (κ3) is 7.16. The van der Waals surface area contributed by atoms with Crippen LogP contribution in [0.4, 0.5) is 5.69 Å². The molecule has 0 saturated carbocycles. The molecule has 0 spiro atoms. The molecule has 3 aromatic carbocycles. The van der Waals surface area contributed by atoms with E-state index in [0.717, 1.165) is 35.2 Å². The van der Waals surface area contributed by atoms with Gasteiger partial charge in [-0.1, -0.05) is 43.7 Å². The first-order valence-corrected chi connectivity index (χ1v) is 13.1.